The molecule has 0 radical (unpaired) electrons. The lowest BCUT2D eigenvalue weighted by Gasteiger charge is -2.09. The van der Waals surface area contributed by atoms with Gasteiger partial charge in [0.2, 0.25) is 0 Å². The van der Waals surface area contributed by atoms with E-state index in [0.29, 0.717) is 15.1 Å². The van der Waals surface area contributed by atoms with E-state index in [9.17, 15) is 9.59 Å². The number of benzene rings is 2. The fourth-order valence-electron chi connectivity index (χ4n) is 1.64. The highest BCUT2D eigenvalue weighted by atomic mass is 79.9. The molecule has 0 saturated heterocycles. The summed E-state index contributed by atoms with van der Waals surface area (Å²) >= 11 is 9.03. The first-order valence-electron chi connectivity index (χ1n) is 5.58. The lowest BCUT2D eigenvalue weighted by molar-refractivity contribution is 0.0698. The number of carbonyl (C=O) groups excluding carboxylic acids is 1. The van der Waals surface area contributed by atoms with Gasteiger partial charge < -0.3 is 10.4 Å². The second kappa shape index (κ2) is 6.07. The monoisotopic (exact) mass is 353 g/mol. The molecule has 0 heterocycles. The number of halogens is 2. The number of nitrogens with one attached hydrogen (secondary N) is 1. The van der Waals surface area contributed by atoms with E-state index in [4.69, 9.17) is 16.7 Å². The Balaban J connectivity index is 2.33. The Morgan fingerprint density at radius 1 is 1.10 bits per heavy atom. The third-order valence-electron chi connectivity index (χ3n) is 2.58. The molecule has 0 saturated carbocycles. The van der Waals surface area contributed by atoms with Crippen LogP contribution >= 0.6 is 27.5 Å². The summed E-state index contributed by atoms with van der Waals surface area (Å²) in [5.41, 5.74) is 0.555. The summed E-state index contributed by atoms with van der Waals surface area (Å²) in [5, 5.41) is 12.0. The van der Waals surface area contributed by atoms with Gasteiger partial charge >= 0.3 is 5.97 Å². The molecule has 2 N–H and O–H groups in total. The van der Waals surface area contributed by atoms with Crippen LogP contribution in [0.2, 0.25) is 5.02 Å². The summed E-state index contributed by atoms with van der Waals surface area (Å²) in [6.07, 6.45) is 0. The van der Waals surface area contributed by atoms with E-state index in [2.05, 4.69) is 21.2 Å². The van der Waals surface area contributed by atoms with Crippen molar-refractivity contribution in [3.8, 4) is 0 Å². The average Bonchev–Trinajstić information content (AvgIpc) is 2.41. The summed E-state index contributed by atoms with van der Waals surface area (Å²) in [5.74, 6) is -1.56. The van der Waals surface area contributed by atoms with Crippen LogP contribution in [0.1, 0.15) is 20.7 Å². The third kappa shape index (κ3) is 3.18. The Kier molecular flexibility index (Phi) is 4.42. The highest BCUT2D eigenvalue weighted by molar-refractivity contribution is 9.10. The van der Waals surface area contributed by atoms with Crippen molar-refractivity contribution in [3.63, 3.8) is 0 Å². The molecule has 20 heavy (non-hydrogen) atoms. The molecule has 0 fully saturated rings. The van der Waals surface area contributed by atoms with Crippen molar-refractivity contribution in [2.75, 3.05) is 5.32 Å². The average molecular weight is 355 g/mol. The van der Waals surface area contributed by atoms with E-state index in [1.54, 1.807) is 24.3 Å². The molecule has 2 rings (SSSR count). The molecule has 0 bridgehead atoms. The van der Waals surface area contributed by atoms with Crippen LogP contribution in [0.4, 0.5) is 5.69 Å². The second-order valence-electron chi connectivity index (χ2n) is 3.93. The van der Waals surface area contributed by atoms with Crippen molar-refractivity contribution >= 4 is 45.1 Å². The molecule has 2 aromatic carbocycles. The molecule has 6 heteroatoms. The van der Waals surface area contributed by atoms with Crippen LogP contribution < -0.4 is 5.32 Å². The number of amides is 1. The van der Waals surface area contributed by atoms with Crippen LogP contribution in [-0.2, 0) is 0 Å². The Morgan fingerprint density at radius 3 is 2.45 bits per heavy atom. The molecular weight excluding hydrogens is 346 g/mol. The Morgan fingerprint density at radius 2 is 1.80 bits per heavy atom. The molecule has 0 atom stereocenters. The molecular formula is C14H9BrClNO3. The summed E-state index contributed by atoms with van der Waals surface area (Å²) in [4.78, 5) is 23.3. The van der Waals surface area contributed by atoms with Gasteiger partial charge in [0.1, 0.15) is 0 Å². The zero-order valence-electron chi connectivity index (χ0n) is 10.1. The largest absolute Gasteiger partial charge is 0.478 e. The molecule has 0 unspecified atom stereocenters. The zero-order valence-corrected chi connectivity index (χ0v) is 12.4. The minimum absolute atomic E-state index is 0.0575. The number of anilines is 1. The number of rotatable bonds is 3. The van der Waals surface area contributed by atoms with Gasteiger partial charge in [-0.05, 0) is 46.3 Å². The van der Waals surface area contributed by atoms with Crippen molar-refractivity contribution in [2.24, 2.45) is 0 Å². The van der Waals surface area contributed by atoms with Crippen molar-refractivity contribution in [1.29, 1.82) is 0 Å². The van der Waals surface area contributed by atoms with E-state index in [1.165, 1.54) is 18.2 Å². The first-order chi connectivity index (χ1) is 9.49. The van der Waals surface area contributed by atoms with Crippen LogP contribution in [-0.4, -0.2) is 17.0 Å². The van der Waals surface area contributed by atoms with Crippen LogP contribution in [0.3, 0.4) is 0 Å². The number of aromatic carboxylic acids is 1. The van der Waals surface area contributed by atoms with Crippen LogP contribution in [0.25, 0.3) is 0 Å². The van der Waals surface area contributed by atoms with Crippen molar-refractivity contribution < 1.29 is 14.7 Å². The van der Waals surface area contributed by atoms with Crippen molar-refractivity contribution in [1.82, 2.24) is 0 Å². The lowest BCUT2D eigenvalue weighted by Crippen LogP contribution is -2.15. The van der Waals surface area contributed by atoms with Gasteiger partial charge in [0.05, 0.1) is 16.8 Å². The molecule has 0 aliphatic heterocycles. The summed E-state index contributed by atoms with van der Waals surface area (Å²) < 4.78 is 0.628. The maximum absolute atomic E-state index is 12.1. The highest BCUT2D eigenvalue weighted by Crippen LogP contribution is 2.23. The van der Waals surface area contributed by atoms with Crippen molar-refractivity contribution in [2.45, 2.75) is 0 Å². The summed E-state index contributed by atoms with van der Waals surface area (Å²) in [6, 6.07) is 11.1. The quantitative estimate of drug-likeness (QED) is 0.874. The fourth-order valence-corrected chi connectivity index (χ4v) is 2.27. The SMILES string of the molecule is O=C(Nc1ccc(Cl)cc1C(=O)O)c1ccccc1Br. The summed E-state index contributed by atoms with van der Waals surface area (Å²) in [6.45, 7) is 0. The topological polar surface area (TPSA) is 66.4 Å². The Labute approximate surface area is 128 Å². The molecule has 1 amide bonds. The molecule has 0 spiro atoms. The normalized spacial score (nSPS) is 10.1. The van der Waals surface area contributed by atoms with Crippen LogP contribution in [0.15, 0.2) is 46.9 Å². The molecule has 0 aliphatic carbocycles. The van der Waals surface area contributed by atoms with Gasteiger partial charge in [0.15, 0.2) is 0 Å². The smallest absolute Gasteiger partial charge is 0.337 e. The zero-order chi connectivity index (χ0) is 14.7. The van der Waals surface area contributed by atoms with Gasteiger partial charge in [-0.15, -0.1) is 0 Å². The van der Waals surface area contributed by atoms with E-state index >= 15 is 0 Å². The van der Waals surface area contributed by atoms with E-state index in [-0.39, 0.29) is 11.3 Å². The van der Waals surface area contributed by atoms with Gasteiger partial charge in [-0.25, -0.2) is 4.79 Å². The van der Waals surface area contributed by atoms with Gasteiger partial charge in [-0.3, -0.25) is 4.79 Å². The number of hydrogen-bond donors (Lipinski definition) is 2. The number of carbonyl (C=O) groups is 2. The van der Waals surface area contributed by atoms with E-state index in [1.807, 2.05) is 0 Å². The first-order valence-corrected chi connectivity index (χ1v) is 6.75. The Bertz CT molecular complexity index is 688. The molecule has 0 aromatic heterocycles. The second-order valence-corrected chi connectivity index (χ2v) is 5.22. The fraction of sp³-hybridized carbons (Fsp3) is 0. The van der Waals surface area contributed by atoms with Gasteiger partial charge in [0.25, 0.3) is 5.91 Å². The molecule has 102 valence electrons. The molecule has 4 nitrogen and oxygen atoms in total. The van der Waals surface area contributed by atoms with Crippen LogP contribution in [0, 0.1) is 0 Å². The first kappa shape index (κ1) is 14.6. The third-order valence-corrected chi connectivity index (χ3v) is 3.51. The van der Waals surface area contributed by atoms with Gasteiger partial charge in [-0.1, -0.05) is 23.7 Å². The van der Waals surface area contributed by atoms with E-state index in [0.717, 1.165) is 0 Å². The number of carboxylic acids is 1. The highest BCUT2D eigenvalue weighted by Gasteiger charge is 2.15. The molecule has 0 aliphatic rings. The molecule has 2 aromatic rings. The lowest BCUT2D eigenvalue weighted by atomic mass is 10.1. The van der Waals surface area contributed by atoms with Crippen LogP contribution in [0.5, 0.6) is 0 Å². The predicted molar refractivity (Wildman–Crippen MR) is 80.5 cm³/mol. The minimum Gasteiger partial charge on any atom is -0.478 e. The number of hydrogen-bond acceptors (Lipinski definition) is 2. The number of carboxylic acid groups (broad SMARTS) is 1. The Hall–Kier alpha value is -1.85. The standard InChI is InChI=1S/C14H9BrClNO3/c15-11-4-2-1-3-9(11)13(18)17-12-6-5-8(16)7-10(12)14(19)20/h1-7H,(H,17,18)(H,19,20). The predicted octanol–water partition coefficient (Wildman–Crippen LogP) is 4.05. The maximum atomic E-state index is 12.1. The van der Waals surface area contributed by atoms with Gasteiger partial charge in [0, 0.05) is 9.50 Å². The van der Waals surface area contributed by atoms with E-state index < -0.39 is 11.9 Å². The minimum atomic E-state index is -1.16. The summed E-state index contributed by atoms with van der Waals surface area (Å²) in [7, 11) is 0. The van der Waals surface area contributed by atoms with Gasteiger partial charge in [-0.2, -0.15) is 0 Å². The van der Waals surface area contributed by atoms with Crippen molar-refractivity contribution in [3.05, 3.63) is 63.1 Å². The maximum Gasteiger partial charge on any atom is 0.337 e.